The minimum atomic E-state index is -4.10. The van der Waals surface area contributed by atoms with Crippen molar-refractivity contribution in [3.63, 3.8) is 0 Å². The maximum absolute atomic E-state index is 13.4. The van der Waals surface area contributed by atoms with Gasteiger partial charge >= 0.3 is 0 Å². The van der Waals surface area contributed by atoms with Crippen LogP contribution in [0.15, 0.2) is 77.7 Å². The third-order valence-corrected chi connectivity index (χ3v) is 7.45. The number of halogens is 1. The highest BCUT2D eigenvalue weighted by Gasteiger charge is 2.28. The molecule has 3 aromatic rings. The first-order chi connectivity index (χ1) is 15.9. The van der Waals surface area contributed by atoms with Crippen LogP contribution in [0.2, 0.25) is 0 Å². The lowest BCUT2D eigenvalue weighted by Crippen LogP contribution is -2.41. The molecule has 0 saturated carbocycles. The summed E-state index contributed by atoms with van der Waals surface area (Å²) in [7, 11) is -4.10. The first-order valence-corrected chi connectivity index (χ1v) is 12.6. The van der Waals surface area contributed by atoms with Gasteiger partial charge in [-0.15, -0.1) is 0 Å². The molecule has 0 radical (unpaired) electrons. The standard InChI is InChI=1S/C27H31FN2O3S/c1-19-6-14-24(15-7-19)30(34(32,33)25-16-12-23(28)13-17-25)18-26(31)29-20(2)21-8-10-22(11-9-21)27(3,4)5/h6-17,20H,18H2,1-5H3,(H,29,31)/t20-/m1/s1. The van der Waals surface area contributed by atoms with E-state index in [9.17, 15) is 17.6 Å². The fraction of sp³-hybridized carbons (Fsp3) is 0.296. The third-order valence-electron chi connectivity index (χ3n) is 5.67. The molecule has 0 unspecified atom stereocenters. The van der Waals surface area contributed by atoms with Gasteiger partial charge in [-0.1, -0.05) is 62.7 Å². The Labute approximate surface area is 201 Å². The highest BCUT2D eigenvalue weighted by molar-refractivity contribution is 7.92. The fourth-order valence-electron chi connectivity index (χ4n) is 3.53. The molecule has 180 valence electrons. The summed E-state index contributed by atoms with van der Waals surface area (Å²) < 4.78 is 41.2. The number of sulfonamides is 1. The monoisotopic (exact) mass is 482 g/mol. The molecule has 0 bridgehead atoms. The predicted octanol–water partition coefficient (Wildman–Crippen LogP) is 5.50. The number of nitrogens with zero attached hydrogens (tertiary/aromatic N) is 1. The van der Waals surface area contributed by atoms with E-state index in [0.717, 1.165) is 27.6 Å². The molecule has 1 N–H and O–H groups in total. The number of carbonyl (C=O) groups is 1. The summed E-state index contributed by atoms with van der Waals surface area (Å²) in [5.74, 6) is -0.983. The van der Waals surface area contributed by atoms with E-state index < -0.39 is 28.3 Å². The van der Waals surface area contributed by atoms with Crippen LogP contribution in [0.25, 0.3) is 0 Å². The highest BCUT2D eigenvalue weighted by atomic mass is 32.2. The number of rotatable bonds is 7. The zero-order valence-electron chi connectivity index (χ0n) is 20.2. The SMILES string of the molecule is Cc1ccc(N(CC(=O)N[C@H](C)c2ccc(C(C)(C)C)cc2)S(=O)(=O)c2ccc(F)cc2)cc1. The van der Waals surface area contributed by atoms with E-state index in [4.69, 9.17) is 0 Å². The molecule has 0 heterocycles. The summed E-state index contributed by atoms with van der Waals surface area (Å²) >= 11 is 0. The van der Waals surface area contributed by atoms with Crippen LogP contribution in [0.1, 0.15) is 50.4 Å². The van der Waals surface area contributed by atoms with E-state index in [2.05, 4.69) is 26.1 Å². The Morgan fingerprint density at radius 2 is 1.50 bits per heavy atom. The second-order valence-electron chi connectivity index (χ2n) is 9.46. The van der Waals surface area contributed by atoms with Crippen molar-refractivity contribution in [2.24, 2.45) is 0 Å². The van der Waals surface area contributed by atoms with Gasteiger partial charge in [-0.25, -0.2) is 12.8 Å². The van der Waals surface area contributed by atoms with Gasteiger partial charge in [0.2, 0.25) is 5.91 Å². The summed E-state index contributed by atoms with van der Waals surface area (Å²) in [6.07, 6.45) is 0. The molecule has 0 spiro atoms. The first-order valence-electron chi connectivity index (χ1n) is 11.1. The molecule has 3 aromatic carbocycles. The number of benzene rings is 3. The van der Waals surface area contributed by atoms with Gasteiger partial charge in [-0.2, -0.15) is 0 Å². The Morgan fingerprint density at radius 3 is 2.03 bits per heavy atom. The molecule has 1 amide bonds. The van der Waals surface area contributed by atoms with Crippen LogP contribution < -0.4 is 9.62 Å². The maximum atomic E-state index is 13.4. The van der Waals surface area contributed by atoms with Gasteiger partial charge in [-0.3, -0.25) is 9.10 Å². The van der Waals surface area contributed by atoms with Crippen LogP contribution in [-0.2, 0) is 20.2 Å². The minimum absolute atomic E-state index is 0.0221. The smallest absolute Gasteiger partial charge is 0.264 e. The summed E-state index contributed by atoms with van der Waals surface area (Å²) in [6, 6.07) is 19.1. The lowest BCUT2D eigenvalue weighted by atomic mass is 9.86. The molecule has 3 rings (SSSR count). The minimum Gasteiger partial charge on any atom is -0.348 e. The van der Waals surface area contributed by atoms with Gasteiger partial charge < -0.3 is 5.32 Å². The number of anilines is 1. The lowest BCUT2D eigenvalue weighted by molar-refractivity contribution is -0.120. The predicted molar refractivity (Wildman–Crippen MR) is 134 cm³/mol. The number of aryl methyl sites for hydroxylation is 1. The van der Waals surface area contributed by atoms with Crippen molar-refractivity contribution in [2.75, 3.05) is 10.8 Å². The van der Waals surface area contributed by atoms with Crippen LogP contribution in [0.4, 0.5) is 10.1 Å². The molecule has 0 aliphatic rings. The Hall–Kier alpha value is -3.19. The van der Waals surface area contributed by atoms with Crippen LogP contribution in [0.5, 0.6) is 0 Å². The van der Waals surface area contributed by atoms with Crippen molar-refractivity contribution in [2.45, 2.75) is 51.0 Å². The highest BCUT2D eigenvalue weighted by Crippen LogP contribution is 2.26. The summed E-state index contributed by atoms with van der Waals surface area (Å²) in [5.41, 5.74) is 3.44. The van der Waals surface area contributed by atoms with E-state index in [1.807, 2.05) is 38.1 Å². The molecular weight excluding hydrogens is 451 g/mol. The normalized spacial score (nSPS) is 12.8. The fourth-order valence-corrected chi connectivity index (χ4v) is 4.95. The molecular formula is C27H31FN2O3S. The Kier molecular flexibility index (Phi) is 7.46. The van der Waals surface area contributed by atoms with Crippen molar-refractivity contribution in [1.82, 2.24) is 5.32 Å². The van der Waals surface area contributed by atoms with Crippen molar-refractivity contribution < 1.29 is 17.6 Å². The van der Waals surface area contributed by atoms with Crippen molar-refractivity contribution in [1.29, 1.82) is 0 Å². The molecule has 0 fully saturated rings. The number of hydrogen-bond acceptors (Lipinski definition) is 3. The van der Waals surface area contributed by atoms with Crippen molar-refractivity contribution in [3.05, 3.63) is 95.3 Å². The molecule has 0 aliphatic carbocycles. The average Bonchev–Trinajstić information content (AvgIpc) is 2.78. The first kappa shape index (κ1) is 25.4. The zero-order chi connectivity index (χ0) is 25.1. The van der Waals surface area contributed by atoms with Crippen molar-refractivity contribution in [3.8, 4) is 0 Å². The van der Waals surface area contributed by atoms with Crippen LogP contribution in [0, 0.1) is 12.7 Å². The van der Waals surface area contributed by atoms with Gasteiger partial charge in [0.15, 0.2) is 0 Å². The van der Waals surface area contributed by atoms with Gasteiger partial charge in [0.25, 0.3) is 10.0 Å². The molecule has 0 saturated heterocycles. The van der Waals surface area contributed by atoms with Crippen LogP contribution in [-0.4, -0.2) is 20.9 Å². The average molecular weight is 483 g/mol. The number of hydrogen-bond donors (Lipinski definition) is 1. The van der Waals surface area contributed by atoms with Crippen molar-refractivity contribution >= 4 is 21.6 Å². The Bertz CT molecular complexity index is 1230. The van der Waals surface area contributed by atoms with E-state index >= 15 is 0 Å². The molecule has 5 nitrogen and oxygen atoms in total. The van der Waals surface area contributed by atoms with Crippen LogP contribution in [0.3, 0.4) is 0 Å². The van der Waals surface area contributed by atoms with Gasteiger partial charge in [0.1, 0.15) is 12.4 Å². The Balaban J connectivity index is 1.84. The number of nitrogens with one attached hydrogen (secondary N) is 1. The number of carbonyl (C=O) groups excluding carboxylic acids is 1. The van der Waals surface area contributed by atoms with Gasteiger partial charge in [-0.05, 0) is 66.8 Å². The van der Waals surface area contributed by atoms with Crippen LogP contribution >= 0.6 is 0 Å². The lowest BCUT2D eigenvalue weighted by Gasteiger charge is -2.25. The van der Waals surface area contributed by atoms with E-state index in [0.29, 0.717) is 5.69 Å². The second kappa shape index (κ2) is 9.97. The third kappa shape index (κ3) is 6.03. The summed E-state index contributed by atoms with van der Waals surface area (Å²) in [5, 5.41) is 2.89. The van der Waals surface area contributed by atoms with E-state index in [-0.39, 0.29) is 16.4 Å². The number of amides is 1. The zero-order valence-corrected chi connectivity index (χ0v) is 21.0. The molecule has 34 heavy (non-hydrogen) atoms. The molecule has 7 heteroatoms. The van der Waals surface area contributed by atoms with E-state index in [1.165, 1.54) is 17.7 Å². The van der Waals surface area contributed by atoms with Gasteiger partial charge in [0.05, 0.1) is 16.6 Å². The molecule has 1 atom stereocenters. The largest absolute Gasteiger partial charge is 0.348 e. The summed E-state index contributed by atoms with van der Waals surface area (Å²) in [6.45, 7) is 9.74. The maximum Gasteiger partial charge on any atom is 0.264 e. The summed E-state index contributed by atoms with van der Waals surface area (Å²) in [4.78, 5) is 12.9. The Morgan fingerprint density at radius 1 is 0.941 bits per heavy atom. The molecule has 0 aromatic heterocycles. The quantitative estimate of drug-likeness (QED) is 0.483. The van der Waals surface area contributed by atoms with Gasteiger partial charge in [0, 0.05) is 0 Å². The second-order valence-corrected chi connectivity index (χ2v) is 11.3. The topological polar surface area (TPSA) is 66.5 Å². The van der Waals surface area contributed by atoms with E-state index in [1.54, 1.807) is 24.3 Å². The molecule has 0 aliphatic heterocycles.